The van der Waals surface area contributed by atoms with Gasteiger partial charge in [0.25, 0.3) is 0 Å². The van der Waals surface area contributed by atoms with E-state index in [0.29, 0.717) is 0 Å². The Bertz CT molecular complexity index is 269. The molecular formula is C9H13BrO2S. The Morgan fingerprint density at radius 1 is 1.46 bits per heavy atom. The molecule has 0 unspecified atom stereocenters. The zero-order valence-electron chi connectivity index (χ0n) is 7.96. The van der Waals surface area contributed by atoms with Crippen molar-refractivity contribution in [3.05, 3.63) is 20.3 Å². The lowest BCUT2D eigenvalue weighted by atomic mass is 10.2. The van der Waals surface area contributed by atoms with Crippen molar-refractivity contribution in [2.24, 2.45) is 0 Å². The quantitative estimate of drug-likeness (QED) is 0.779. The van der Waals surface area contributed by atoms with E-state index in [1.54, 1.807) is 25.6 Å². The molecule has 2 nitrogen and oxygen atoms in total. The molecular weight excluding hydrogens is 252 g/mol. The first-order chi connectivity index (χ1) is 6.17. The number of methoxy groups -OCH3 is 2. The summed E-state index contributed by atoms with van der Waals surface area (Å²) in [7, 11) is 3.32. The van der Waals surface area contributed by atoms with E-state index in [0.717, 1.165) is 10.2 Å². The molecule has 74 valence electrons. The maximum atomic E-state index is 5.14. The highest BCUT2D eigenvalue weighted by Crippen LogP contribution is 2.27. The summed E-state index contributed by atoms with van der Waals surface area (Å²) in [5.74, 6) is 0. The van der Waals surface area contributed by atoms with Gasteiger partial charge in [-0.2, -0.15) is 0 Å². The molecule has 1 rings (SSSR count). The third-order valence-electron chi connectivity index (χ3n) is 1.87. The normalized spacial score (nSPS) is 11.2. The molecule has 0 aliphatic carbocycles. The second kappa shape index (κ2) is 5.10. The van der Waals surface area contributed by atoms with Gasteiger partial charge >= 0.3 is 0 Å². The third-order valence-corrected chi connectivity index (χ3v) is 3.63. The van der Waals surface area contributed by atoms with Crippen LogP contribution in [-0.4, -0.2) is 20.5 Å². The molecule has 0 aliphatic heterocycles. The lowest BCUT2D eigenvalue weighted by Crippen LogP contribution is -2.15. The monoisotopic (exact) mass is 264 g/mol. The average Bonchev–Trinajstić information content (AvgIpc) is 2.41. The highest BCUT2D eigenvalue weighted by Gasteiger charge is 2.11. The van der Waals surface area contributed by atoms with Gasteiger partial charge in [0.2, 0.25) is 0 Å². The standard InChI is InChI=1S/C9H13BrO2S/c1-6-4-8(10)13-7(6)5-9(11-2)12-3/h4,9H,5H2,1-3H3. The van der Waals surface area contributed by atoms with Crippen molar-refractivity contribution in [2.75, 3.05) is 14.2 Å². The Morgan fingerprint density at radius 3 is 2.46 bits per heavy atom. The van der Waals surface area contributed by atoms with Crippen LogP contribution in [0.5, 0.6) is 0 Å². The van der Waals surface area contributed by atoms with Gasteiger partial charge in [-0.05, 0) is 34.5 Å². The van der Waals surface area contributed by atoms with Gasteiger partial charge in [0.05, 0.1) is 3.79 Å². The van der Waals surface area contributed by atoms with Crippen LogP contribution in [0.3, 0.4) is 0 Å². The molecule has 0 fully saturated rings. The highest BCUT2D eigenvalue weighted by atomic mass is 79.9. The molecule has 0 aliphatic rings. The fourth-order valence-electron chi connectivity index (χ4n) is 1.10. The molecule has 4 heteroatoms. The topological polar surface area (TPSA) is 18.5 Å². The molecule has 1 heterocycles. The predicted octanol–water partition coefficient (Wildman–Crippen LogP) is 2.98. The van der Waals surface area contributed by atoms with Crippen molar-refractivity contribution in [3.8, 4) is 0 Å². The summed E-state index contributed by atoms with van der Waals surface area (Å²) < 4.78 is 11.4. The lowest BCUT2D eigenvalue weighted by molar-refractivity contribution is -0.0998. The van der Waals surface area contributed by atoms with Crippen LogP contribution in [0, 0.1) is 6.92 Å². The van der Waals surface area contributed by atoms with Gasteiger partial charge in [-0.25, -0.2) is 0 Å². The fraction of sp³-hybridized carbons (Fsp3) is 0.556. The smallest absolute Gasteiger partial charge is 0.161 e. The number of aryl methyl sites for hydroxylation is 1. The number of hydrogen-bond acceptors (Lipinski definition) is 3. The van der Waals surface area contributed by atoms with Crippen LogP contribution in [0.25, 0.3) is 0 Å². The summed E-state index contributed by atoms with van der Waals surface area (Å²) in [6.07, 6.45) is 0.680. The molecule has 0 bridgehead atoms. The Hall–Kier alpha value is 0.1000. The first-order valence-electron chi connectivity index (χ1n) is 3.97. The molecule has 13 heavy (non-hydrogen) atoms. The summed E-state index contributed by atoms with van der Waals surface area (Å²) >= 11 is 5.18. The van der Waals surface area contributed by atoms with Crippen LogP contribution in [0.4, 0.5) is 0 Å². The van der Waals surface area contributed by atoms with E-state index in [1.807, 2.05) is 0 Å². The Balaban J connectivity index is 2.67. The van der Waals surface area contributed by atoms with Crippen molar-refractivity contribution in [3.63, 3.8) is 0 Å². The number of hydrogen-bond donors (Lipinski definition) is 0. The van der Waals surface area contributed by atoms with Crippen LogP contribution in [0.15, 0.2) is 9.85 Å². The molecule has 1 aromatic heterocycles. The average molecular weight is 265 g/mol. The highest BCUT2D eigenvalue weighted by molar-refractivity contribution is 9.11. The van der Waals surface area contributed by atoms with Gasteiger partial charge in [-0.3, -0.25) is 0 Å². The number of thiophene rings is 1. The van der Waals surface area contributed by atoms with E-state index in [-0.39, 0.29) is 6.29 Å². The van der Waals surface area contributed by atoms with Gasteiger partial charge in [0.15, 0.2) is 6.29 Å². The third kappa shape index (κ3) is 3.06. The Labute approximate surface area is 91.0 Å². The van der Waals surface area contributed by atoms with Crippen molar-refractivity contribution in [1.29, 1.82) is 0 Å². The van der Waals surface area contributed by atoms with E-state index in [1.165, 1.54) is 10.4 Å². The minimum atomic E-state index is -0.135. The number of ether oxygens (including phenoxy) is 2. The maximum Gasteiger partial charge on any atom is 0.161 e. The van der Waals surface area contributed by atoms with Crippen molar-refractivity contribution >= 4 is 27.3 Å². The SMILES string of the molecule is COC(Cc1sc(Br)cc1C)OC. The van der Waals surface area contributed by atoms with Crippen molar-refractivity contribution in [1.82, 2.24) is 0 Å². The van der Waals surface area contributed by atoms with E-state index >= 15 is 0 Å². The summed E-state index contributed by atoms with van der Waals surface area (Å²) in [6, 6.07) is 2.11. The number of halogens is 1. The summed E-state index contributed by atoms with van der Waals surface area (Å²) in [6.45, 7) is 2.10. The zero-order valence-corrected chi connectivity index (χ0v) is 10.4. The Kier molecular flexibility index (Phi) is 4.38. The summed E-state index contributed by atoms with van der Waals surface area (Å²) in [5, 5.41) is 0. The molecule has 0 amide bonds. The molecule has 0 spiro atoms. The van der Waals surface area contributed by atoms with Gasteiger partial charge in [0, 0.05) is 25.5 Å². The van der Waals surface area contributed by atoms with Gasteiger partial charge < -0.3 is 9.47 Å². The van der Waals surface area contributed by atoms with Gasteiger partial charge in [-0.1, -0.05) is 0 Å². The lowest BCUT2D eigenvalue weighted by Gasteiger charge is -2.12. The van der Waals surface area contributed by atoms with E-state index < -0.39 is 0 Å². The second-order valence-electron chi connectivity index (χ2n) is 2.76. The van der Waals surface area contributed by atoms with Crippen LogP contribution in [-0.2, 0) is 15.9 Å². The molecule has 0 radical (unpaired) electrons. The molecule has 0 saturated carbocycles. The number of rotatable bonds is 4. The van der Waals surface area contributed by atoms with Crippen LogP contribution in [0.1, 0.15) is 10.4 Å². The van der Waals surface area contributed by atoms with E-state index in [9.17, 15) is 0 Å². The van der Waals surface area contributed by atoms with Crippen molar-refractivity contribution in [2.45, 2.75) is 19.6 Å². The van der Waals surface area contributed by atoms with Crippen LogP contribution in [0.2, 0.25) is 0 Å². The maximum absolute atomic E-state index is 5.14. The van der Waals surface area contributed by atoms with Crippen LogP contribution < -0.4 is 0 Å². The minimum Gasteiger partial charge on any atom is -0.356 e. The summed E-state index contributed by atoms with van der Waals surface area (Å²) in [5.41, 5.74) is 1.29. The van der Waals surface area contributed by atoms with E-state index in [4.69, 9.17) is 9.47 Å². The Morgan fingerprint density at radius 2 is 2.08 bits per heavy atom. The summed E-state index contributed by atoms with van der Waals surface area (Å²) in [4.78, 5) is 1.31. The second-order valence-corrected chi connectivity index (χ2v) is 5.28. The van der Waals surface area contributed by atoms with Gasteiger partial charge in [-0.15, -0.1) is 11.3 Å². The minimum absolute atomic E-state index is 0.135. The van der Waals surface area contributed by atoms with Gasteiger partial charge in [0.1, 0.15) is 0 Å². The van der Waals surface area contributed by atoms with Crippen molar-refractivity contribution < 1.29 is 9.47 Å². The molecule has 1 aromatic rings. The molecule has 0 saturated heterocycles. The first-order valence-corrected chi connectivity index (χ1v) is 5.58. The predicted molar refractivity (Wildman–Crippen MR) is 58.3 cm³/mol. The molecule has 0 atom stereocenters. The largest absolute Gasteiger partial charge is 0.356 e. The zero-order chi connectivity index (χ0) is 9.84. The molecule has 0 N–H and O–H groups in total. The van der Waals surface area contributed by atoms with E-state index in [2.05, 4.69) is 28.9 Å². The molecule has 0 aromatic carbocycles. The fourth-order valence-corrected chi connectivity index (χ4v) is 2.94. The first kappa shape index (κ1) is 11.2. The van der Waals surface area contributed by atoms with Crippen LogP contribution >= 0.6 is 27.3 Å².